The largest absolute Gasteiger partial charge is 0.494 e. The monoisotopic (exact) mass is 213 g/mol. The van der Waals surface area contributed by atoms with Crippen molar-refractivity contribution >= 4 is 11.7 Å². The first-order chi connectivity index (χ1) is 7.04. The van der Waals surface area contributed by atoms with Crippen LogP contribution in [-0.4, -0.2) is 24.2 Å². The van der Waals surface area contributed by atoms with E-state index in [0.717, 1.165) is 0 Å². The van der Waals surface area contributed by atoms with Gasteiger partial charge in [-0.2, -0.15) is 0 Å². The molecular formula is C10H12FNO3. The van der Waals surface area contributed by atoms with Crippen LogP contribution >= 0.6 is 0 Å². The van der Waals surface area contributed by atoms with Gasteiger partial charge >= 0.3 is 5.97 Å². The molecule has 0 spiro atoms. The third-order valence-electron chi connectivity index (χ3n) is 1.90. The highest BCUT2D eigenvalue weighted by Crippen LogP contribution is 2.21. The first-order valence-corrected chi connectivity index (χ1v) is 4.37. The molecule has 0 aliphatic carbocycles. The molecule has 5 heteroatoms. The maximum atomic E-state index is 13.0. The molecule has 0 radical (unpaired) electrons. The molecule has 1 aromatic rings. The van der Waals surface area contributed by atoms with Crippen LogP contribution in [0.2, 0.25) is 0 Å². The van der Waals surface area contributed by atoms with E-state index < -0.39 is 17.8 Å². The first kappa shape index (κ1) is 11.3. The van der Waals surface area contributed by atoms with Gasteiger partial charge in [0.25, 0.3) is 0 Å². The molecule has 1 atom stereocenters. The molecule has 0 aliphatic heterocycles. The van der Waals surface area contributed by atoms with Gasteiger partial charge in [0, 0.05) is 11.8 Å². The lowest BCUT2D eigenvalue weighted by molar-refractivity contribution is -0.137. The topological polar surface area (TPSA) is 58.6 Å². The second-order valence-corrected chi connectivity index (χ2v) is 3.05. The van der Waals surface area contributed by atoms with Crippen molar-refractivity contribution in [3.63, 3.8) is 0 Å². The second kappa shape index (κ2) is 4.63. The summed E-state index contributed by atoms with van der Waals surface area (Å²) in [5, 5.41) is 11.4. The first-order valence-electron chi connectivity index (χ1n) is 4.37. The number of carbonyl (C=O) groups is 1. The van der Waals surface area contributed by atoms with E-state index in [-0.39, 0.29) is 5.75 Å². The summed E-state index contributed by atoms with van der Waals surface area (Å²) in [5.74, 6) is -1.37. The number of benzene rings is 1. The number of rotatable bonds is 4. The molecule has 82 valence electrons. The van der Waals surface area contributed by atoms with E-state index in [2.05, 4.69) is 5.32 Å². The minimum Gasteiger partial charge on any atom is -0.494 e. The van der Waals surface area contributed by atoms with Crippen LogP contribution in [0.5, 0.6) is 5.75 Å². The maximum Gasteiger partial charge on any atom is 0.325 e. The average molecular weight is 213 g/mol. The fourth-order valence-electron chi connectivity index (χ4n) is 1.06. The zero-order valence-electron chi connectivity index (χ0n) is 8.45. The van der Waals surface area contributed by atoms with E-state index in [1.54, 1.807) is 0 Å². The van der Waals surface area contributed by atoms with Crippen molar-refractivity contribution in [3.8, 4) is 5.75 Å². The highest BCUT2D eigenvalue weighted by molar-refractivity contribution is 5.76. The van der Waals surface area contributed by atoms with Gasteiger partial charge in [0.1, 0.15) is 6.04 Å². The standard InChI is InChI=1S/C10H12FNO3/c1-6(10(13)14)12-7-3-4-8(11)9(5-7)15-2/h3-6,12H,1-2H3,(H,13,14). The van der Waals surface area contributed by atoms with Crippen LogP contribution in [0.1, 0.15) is 6.92 Å². The van der Waals surface area contributed by atoms with Crippen LogP contribution in [0, 0.1) is 5.82 Å². The minimum atomic E-state index is -0.974. The summed E-state index contributed by atoms with van der Waals surface area (Å²) < 4.78 is 17.8. The normalized spacial score (nSPS) is 11.9. The molecule has 0 amide bonds. The summed E-state index contributed by atoms with van der Waals surface area (Å²) in [7, 11) is 1.35. The molecule has 0 heterocycles. The van der Waals surface area contributed by atoms with Crippen LogP contribution in [0.4, 0.5) is 10.1 Å². The quantitative estimate of drug-likeness (QED) is 0.799. The highest BCUT2D eigenvalue weighted by atomic mass is 19.1. The molecule has 0 fully saturated rings. The molecule has 1 unspecified atom stereocenters. The summed E-state index contributed by atoms with van der Waals surface area (Å²) in [6.45, 7) is 1.50. The van der Waals surface area contributed by atoms with E-state index in [4.69, 9.17) is 9.84 Å². The number of ether oxygens (including phenoxy) is 1. The van der Waals surface area contributed by atoms with Crippen molar-refractivity contribution < 1.29 is 19.0 Å². The van der Waals surface area contributed by atoms with Crippen molar-refractivity contribution in [1.29, 1.82) is 0 Å². The molecule has 1 aromatic carbocycles. The van der Waals surface area contributed by atoms with Crippen molar-refractivity contribution in [1.82, 2.24) is 0 Å². The molecule has 4 nitrogen and oxygen atoms in total. The van der Waals surface area contributed by atoms with E-state index in [0.29, 0.717) is 5.69 Å². The Bertz CT molecular complexity index is 368. The van der Waals surface area contributed by atoms with E-state index in [9.17, 15) is 9.18 Å². The molecule has 0 aliphatic rings. The van der Waals surface area contributed by atoms with Gasteiger partial charge in [-0.25, -0.2) is 4.39 Å². The number of methoxy groups -OCH3 is 1. The number of carboxylic acids is 1. The lowest BCUT2D eigenvalue weighted by atomic mass is 10.2. The summed E-state index contributed by atoms with van der Waals surface area (Å²) in [6, 6.07) is 3.35. The maximum absolute atomic E-state index is 13.0. The number of aliphatic carboxylic acids is 1. The molecule has 1 rings (SSSR count). The summed E-state index contributed by atoms with van der Waals surface area (Å²) in [6.07, 6.45) is 0. The van der Waals surface area contributed by atoms with Gasteiger partial charge in [-0.05, 0) is 19.1 Å². The minimum absolute atomic E-state index is 0.0811. The number of halogens is 1. The van der Waals surface area contributed by atoms with Gasteiger partial charge in [-0.15, -0.1) is 0 Å². The molecular weight excluding hydrogens is 201 g/mol. The van der Waals surface area contributed by atoms with Crippen LogP contribution < -0.4 is 10.1 Å². The molecule has 0 saturated carbocycles. The Balaban J connectivity index is 2.83. The fraction of sp³-hybridized carbons (Fsp3) is 0.300. The Kier molecular flexibility index (Phi) is 3.49. The van der Waals surface area contributed by atoms with Crippen molar-refractivity contribution in [2.75, 3.05) is 12.4 Å². The van der Waals surface area contributed by atoms with Crippen molar-refractivity contribution in [3.05, 3.63) is 24.0 Å². The van der Waals surface area contributed by atoms with Gasteiger partial charge in [-0.1, -0.05) is 0 Å². The van der Waals surface area contributed by atoms with E-state index in [1.807, 2.05) is 0 Å². The number of anilines is 1. The zero-order valence-corrected chi connectivity index (χ0v) is 8.45. The molecule has 2 N–H and O–H groups in total. The van der Waals surface area contributed by atoms with Crippen molar-refractivity contribution in [2.45, 2.75) is 13.0 Å². The van der Waals surface area contributed by atoms with Gasteiger partial charge in [0.2, 0.25) is 0 Å². The van der Waals surface area contributed by atoms with Gasteiger partial charge in [0.05, 0.1) is 7.11 Å². The molecule has 0 aromatic heterocycles. The Hall–Kier alpha value is -1.78. The van der Waals surface area contributed by atoms with Gasteiger partial charge < -0.3 is 15.2 Å². The molecule has 15 heavy (non-hydrogen) atoms. The number of hydrogen-bond acceptors (Lipinski definition) is 3. The Morgan fingerprint density at radius 3 is 2.80 bits per heavy atom. The number of carboxylic acid groups (broad SMARTS) is 1. The number of nitrogens with one attached hydrogen (secondary N) is 1. The van der Waals surface area contributed by atoms with Crippen LogP contribution in [0.15, 0.2) is 18.2 Å². The predicted molar refractivity (Wildman–Crippen MR) is 53.7 cm³/mol. The van der Waals surface area contributed by atoms with Gasteiger partial charge in [-0.3, -0.25) is 4.79 Å². The summed E-state index contributed by atoms with van der Waals surface area (Å²) in [4.78, 5) is 10.6. The van der Waals surface area contributed by atoms with Crippen molar-refractivity contribution in [2.24, 2.45) is 0 Å². The average Bonchev–Trinajstić information content (AvgIpc) is 2.20. The summed E-state index contributed by atoms with van der Waals surface area (Å²) >= 11 is 0. The smallest absolute Gasteiger partial charge is 0.325 e. The predicted octanol–water partition coefficient (Wildman–Crippen LogP) is 1.72. The Morgan fingerprint density at radius 2 is 2.27 bits per heavy atom. The third kappa shape index (κ3) is 2.83. The van der Waals surface area contributed by atoms with Gasteiger partial charge in [0.15, 0.2) is 11.6 Å². The van der Waals surface area contributed by atoms with Crippen LogP contribution in [0.3, 0.4) is 0 Å². The lowest BCUT2D eigenvalue weighted by Crippen LogP contribution is -2.25. The van der Waals surface area contributed by atoms with Crippen LogP contribution in [-0.2, 0) is 4.79 Å². The molecule has 0 bridgehead atoms. The SMILES string of the molecule is COc1cc(NC(C)C(=O)O)ccc1F. The second-order valence-electron chi connectivity index (χ2n) is 3.05. The zero-order chi connectivity index (χ0) is 11.4. The van der Waals surface area contributed by atoms with Crippen LogP contribution in [0.25, 0.3) is 0 Å². The van der Waals surface area contributed by atoms with E-state index in [1.165, 1.54) is 32.2 Å². The molecule has 0 saturated heterocycles. The lowest BCUT2D eigenvalue weighted by Gasteiger charge is -2.11. The Morgan fingerprint density at radius 1 is 1.60 bits per heavy atom. The summed E-state index contributed by atoms with van der Waals surface area (Å²) in [5.41, 5.74) is 0.503. The third-order valence-corrected chi connectivity index (χ3v) is 1.90. The number of hydrogen-bond donors (Lipinski definition) is 2. The Labute approximate surface area is 86.7 Å². The van der Waals surface area contributed by atoms with E-state index >= 15 is 0 Å². The highest BCUT2D eigenvalue weighted by Gasteiger charge is 2.11. The fourth-order valence-corrected chi connectivity index (χ4v) is 1.06.